The first-order valence-corrected chi connectivity index (χ1v) is 7.94. The number of hydrogen-bond donors (Lipinski definition) is 0. The number of fused-ring (bicyclic) bond motifs is 1. The van der Waals surface area contributed by atoms with Crippen LogP contribution in [0.4, 0.5) is 0 Å². The Morgan fingerprint density at radius 1 is 1.29 bits per heavy atom. The van der Waals surface area contributed by atoms with Crippen LogP contribution in [0.5, 0.6) is 0 Å². The molecule has 0 aliphatic carbocycles. The first kappa shape index (κ1) is 14.9. The third-order valence-electron chi connectivity index (χ3n) is 4.22. The number of hydrogen-bond acceptors (Lipinski definition) is 5. The molecular formula is C17H18N4O3. The number of para-hydroxylation sites is 1. The molecule has 0 spiro atoms. The van der Waals surface area contributed by atoms with Crippen LogP contribution in [0.15, 0.2) is 40.9 Å². The fraction of sp³-hybridized carbons (Fsp3) is 0.353. The standard InChI is InChI=1S/C17H18N4O3/c1-12-18-19-17(24-12)15-10-21(8-9-23-15)16(22)11-20-7-6-13-4-2-3-5-14(13)20/h2-7,15H,8-11H2,1H3/t15-/m1/s1. The predicted octanol–water partition coefficient (Wildman–Crippen LogP) is 1.93. The minimum absolute atomic E-state index is 0.0564. The van der Waals surface area contributed by atoms with Gasteiger partial charge in [0.1, 0.15) is 6.54 Å². The molecule has 7 nitrogen and oxygen atoms in total. The lowest BCUT2D eigenvalue weighted by molar-refractivity contribution is -0.140. The summed E-state index contributed by atoms with van der Waals surface area (Å²) in [7, 11) is 0. The van der Waals surface area contributed by atoms with Gasteiger partial charge in [0, 0.05) is 25.2 Å². The lowest BCUT2D eigenvalue weighted by Gasteiger charge is -2.31. The van der Waals surface area contributed by atoms with E-state index in [1.165, 1.54) is 0 Å². The SMILES string of the molecule is Cc1nnc([C@H]2CN(C(=O)Cn3ccc4ccccc43)CCO2)o1. The number of benzene rings is 1. The molecule has 0 saturated carbocycles. The number of amides is 1. The van der Waals surface area contributed by atoms with Crippen LogP contribution in [0.3, 0.4) is 0 Å². The van der Waals surface area contributed by atoms with Crippen molar-refractivity contribution >= 4 is 16.8 Å². The van der Waals surface area contributed by atoms with Crippen molar-refractivity contribution in [3.63, 3.8) is 0 Å². The molecule has 4 rings (SSSR count). The van der Waals surface area contributed by atoms with Gasteiger partial charge in [-0.3, -0.25) is 4.79 Å². The normalized spacial score (nSPS) is 18.2. The molecule has 1 aromatic carbocycles. The van der Waals surface area contributed by atoms with E-state index in [0.717, 1.165) is 10.9 Å². The number of ether oxygens (including phenoxy) is 1. The highest BCUT2D eigenvalue weighted by atomic mass is 16.5. The molecule has 124 valence electrons. The Morgan fingerprint density at radius 3 is 3.00 bits per heavy atom. The van der Waals surface area contributed by atoms with Gasteiger partial charge in [-0.25, -0.2) is 0 Å². The maximum atomic E-state index is 12.7. The monoisotopic (exact) mass is 326 g/mol. The molecule has 0 unspecified atom stereocenters. The van der Waals surface area contributed by atoms with Crippen molar-refractivity contribution in [3.8, 4) is 0 Å². The minimum atomic E-state index is -0.356. The summed E-state index contributed by atoms with van der Waals surface area (Å²) in [5.74, 6) is 0.980. The van der Waals surface area contributed by atoms with E-state index < -0.39 is 0 Å². The van der Waals surface area contributed by atoms with E-state index in [4.69, 9.17) is 9.15 Å². The molecule has 0 N–H and O–H groups in total. The van der Waals surface area contributed by atoms with Crippen molar-refractivity contribution < 1.29 is 13.9 Å². The Labute approximate surface area is 138 Å². The van der Waals surface area contributed by atoms with Crippen LogP contribution in [0.1, 0.15) is 17.9 Å². The fourth-order valence-corrected chi connectivity index (χ4v) is 2.99. The van der Waals surface area contributed by atoms with Crippen molar-refractivity contribution in [1.82, 2.24) is 19.7 Å². The van der Waals surface area contributed by atoms with Gasteiger partial charge in [-0.1, -0.05) is 18.2 Å². The smallest absolute Gasteiger partial charge is 0.246 e. The van der Waals surface area contributed by atoms with Gasteiger partial charge in [0.25, 0.3) is 0 Å². The Morgan fingerprint density at radius 2 is 2.17 bits per heavy atom. The van der Waals surface area contributed by atoms with Crippen molar-refractivity contribution in [2.24, 2.45) is 0 Å². The maximum absolute atomic E-state index is 12.7. The topological polar surface area (TPSA) is 73.4 Å². The first-order valence-electron chi connectivity index (χ1n) is 7.94. The van der Waals surface area contributed by atoms with Crippen molar-refractivity contribution in [2.45, 2.75) is 19.6 Å². The highest BCUT2D eigenvalue weighted by Gasteiger charge is 2.29. The largest absolute Gasteiger partial charge is 0.423 e. The number of carbonyl (C=O) groups excluding carboxylic acids is 1. The summed E-state index contributed by atoms with van der Waals surface area (Å²) in [5, 5.41) is 8.95. The van der Waals surface area contributed by atoms with Crippen LogP contribution in [0, 0.1) is 6.92 Å². The van der Waals surface area contributed by atoms with Crippen LogP contribution < -0.4 is 0 Å². The summed E-state index contributed by atoms with van der Waals surface area (Å²) in [5.41, 5.74) is 1.06. The summed E-state index contributed by atoms with van der Waals surface area (Å²) < 4.78 is 13.1. The molecule has 7 heteroatoms. The number of carbonyl (C=O) groups is 1. The molecule has 3 heterocycles. The zero-order valence-electron chi connectivity index (χ0n) is 13.4. The van der Waals surface area contributed by atoms with Gasteiger partial charge in [-0.05, 0) is 17.5 Å². The molecule has 1 fully saturated rings. The lowest BCUT2D eigenvalue weighted by atomic mass is 10.2. The molecule has 1 amide bonds. The van der Waals surface area contributed by atoms with E-state index in [0.29, 0.717) is 38.0 Å². The van der Waals surface area contributed by atoms with Crippen LogP contribution in [0.2, 0.25) is 0 Å². The zero-order chi connectivity index (χ0) is 16.5. The molecule has 0 bridgehead atoms. The summed E-state index contributed by atoms with van der Waals surface area (Å²) in [6, 6.07) is 10.1. The Hall–Kier alpha value is -2.67. The van der Waals surface area contributed by atoms with Crippen molar-refractivity contribution in [1.29, 1.82) is 0 Å². The van der Waals surface area contributed by atoms with E-state index in [1.807, 2.05) is 41.1 Å². The fourth-order valence-electron chi connectivity index (χ4n) is 2.99. The number of morpholine rings is 1. The maximum Gasteiger partial charge on any atom is 0.246 e. The molecule has 24 heavy (non-hydrogen) atoms. The number of aromatic nitrogens is 3. The molecular weight excluding hydrogens is 308 g/mol. The van der Waals surface area contributed by atoms with Crippen molar-refractivity contribution in [2.75, 3.05) is 19.7 Å². The van der Waals surface area contributed by atoms with E-state index in [-0.39, 0.29) is 12.0 Å². The van der Waals surface area contributed by atoms with E-state index >= 15 is 0 Å². The summed E-state index contributed by atoms with van der Waals surface area (Å²) in [6.45, 7) is 3.51. The van der Waals surface area contributed by atoms with Gasteiger partial charge in [0.05, 0.1) is 13.2 Å². The predicted molar refractivity (Wildman–Crippen MR) is 86.2 cm³/mol. The van der Waals surface area contributed by atoms with Gasteiger partial charge in [-0.2, -0.15) is 0 Å². The van der Waals surface area contributed by atoms with Crippen molar-refractivity contribution in [3.05, 3.63) is 48.3 Å². The molecule has 1 aliphatic heterocycles. The molecule has 1 aliphatic rings. The molecule has 1 saturated heterocycles. The average molecular weight is 326 g/mol. The van der Waals surface area contributed by atoms with E-state index in [2.05, 4.69) is 10.2 Å². The Bertz CT molecular complexity index is 869. The zero-order valence-corrected chi connectivity index (χ0v) is 13.4. The highest BCUT2D eigenvalue weighted by Crippen LogP contribution is 2.22. The van der Waals surface area contributed by atoms with Gasteiger partial charge in [0.15, 0.2) is 6.10 Å². The molecule has 0 radical (unpaired) electrons. The van der Waals surface area contributed by atoms with Gasteiger partial charge >= 0.3 is 0 Å². The third-order valence-corrected chi connectivity index (χ3v) is 4.22. The van der Waals surface area contributed by atoms with Crippen LogP contribution in [0.25, 0.3) is 10.9 Å². The molecule has 1 atom stereocenters. The summed E-state index contributed by atoms with van der Waals surface area (Å²) >= 11 is 0. The quantitative estimate of drug-likeness (QED) is 0.735. The second-order valence-corrected chi connectivity index (χ2v) is 5.86. The number of nitrogens with zero attached hydrogens (tertiary/aromatic N) is 4. The average Bonchev–Trinajstić information content (AvgIpc) is 3.22. The Kier molecular flexibility index (Phi) is 3.78. The molecule has 2 aromatic heterocycles. The van der Waals surface area contributed by atoms with Crippen LogP contribution >= 0.6 is 0 Å². The van der Waals surface area contributed by atoms with Gasteiger partial charge in [0.2, 0.25) is 17.7 Å². The minimum Gasteiger partial charge on any atom is -0.423 e. The second-order valence-electron chi connectivity index (χ2n) is 5.86. The van der Waals surface area contributed by atoms with Gasteiger partial charge in [-0.15, -0.1) is 10.2 Å². The highest BCUT2D eigenvalue weighted by molar-refractivity contribution is 5.83. The second kappa shape index (κ2) is 6.09. The Balaban J connectivity index is 1.48. The first-order chi connectivity index (χ1) is 11.7. The van der Waals surface area contributed by atoms with E-state index in [9.17, 15) is 4.79 Å². The summed E-state index contributed by atoms with van der Waals surface area (Å²) in [6.07, 6.45) is 1.59. The number of rotatable bonds is 3. The third kappa shape index (κ3) is 2.78. The number of aryl methyl sites for hydroxylation is 1. The summed E-state index contributed by atoms with van der Waals surface area (Å²) in [4.78, 5) is 14.5. The molecule has 3 aromatic rings. The lowest BCUT2D eigenvalue weighted by Crippen LogP contribution is -2.43. The van der Waals surface area contributed by atoms with Crippen LogP contribution in [-0.2, 0) is 16.1 Å². The van der Waals surface area contributed by atoms with Gasteiger partial charge < -0.3 is 18.6 Å². The van der Waals surface area contributed by atoms with E-state index in [1.54, 1.807) is 11.8 Å². The van der Waals surface area contributed by atoms with Crippen LogP contribution in [-0.4, -0.2) is 45.3 Å².